The molecule has 0 heterocycles. The van der Waals surface area contributed by atoms with Crippen LogP contribution in [0.2, 0.25) is 0 Å². The summed E-state index contributed by atoms with van der Waals surface area (Å²) in [6.45, 7) is 6.21. The predicted molar refractivity (Wildman–Crippen MR) is 75.3 cm³/mol. The lowest BCUT2D eigenvalue weighted by Gasteiger charge is -2.07. The van der Waals surface area contributed by atoms with Gasteiger partial charge in [0.2, 0.25) is 4.91 Å². The molecule has 0 aliphatic carbocycles. The Balaban J connectivity index is 2.94. The van der Waals surface area contributed by atoms with E-state index in [-0.39, 0.29) is 0 Å². The molecule has 0 atom stereocenters. The summed E-state index contributed by atoms with van der Waals surface area (Å²) in [5.74, 6) is 0. The standard InChI is InChI=1S/C12H27N4O5/c13-1-3-17-5-7-19-9-11-21-12-10-20-8-6-18-4-2-15-16-14/h14H,1-13H2/q+1. The number of nitrogens with one attached hydrogen (secondary N) is 1. The summed E-state index contributed by atoms with van der Waals surface area (Å²) in [6, 6.07) is 0. The van der Waals surface area contributed by atoms with Gasteiger partial charge >= 0.3 is 0 Å². The Labute approximate surface area is 125 Å². The zero-order valence-electron chi connectivity index (χ0n) is 12.5. The molecule has 0 aromatic rings. The highest BCUT2D eigenvalue weighted by Gasteiger charge is 1.93. The van der Waals surface area contributed by atoms with E-state index in [4.69, 9.17) is 34.9 Å². The second-order valence-corrected chi connectivity index (χ2v) is 3.82. The first kappa shape index (κ1) is 20.1. The van der Waals surface area contributed by atoms with Crippen molar-refractivity contribution < 1.29 is 23.7 Å². The molecule has 0 aromatic heterocycles. The van der Waals surface area contributed by atoms with E-state index in [0.717, 1.165) is 0 Å². The fourth-order valence-electron chi connectivity index (χ4n) is 1.22. The molecule has 0 aliphatic rings. The van der Waals surface area contributed by atoms with Gasteiger partial charge in [-0.2, -0.15) is 0 Å². The van der Waals surface area contributed by atoms with Crippen molar-refractivity contribution in [3.8, 4) is 0 Å². The predicted octanol–water partition coefficient (Wildman–Crippen LogP) is -0.422. The smallest absolute Gasteiger partial charge is 0.214 e. The Morgan fingerprint density at radius 1 is 0.667 bits per heavy atom. The van der Waals surface area contributed by atoms with Crippen molar-refractivity contribution in [3.05, 3.63) is 0 Å². The van der Waals surface area contributed by atoms with Gasteiger partial charge in [-0.3, -0.25) is 0 Å². The molecular weight excluding hydrogens is 280 g/mol. The topological polar surface area (TPSA) is 122 Å². The van der Waals surface area contributed by atoms with Crippen LogP contribution in [0.5, 0.6) is 0 Å². The molecule has 0 unspecified atom stereocenters. The Morgan fingerprint density at radius 3 is 1.43 bits per heavy atom. The number of hydrogen-bond donors (Lipinski definition) is 2. The first-order valence-corrected chi connectivity index (χ1v) is 7.03. The van der Waals surface area contributed by atoms with Gasteiger partial charge in [-0.25, -0.2) is 0 Å². The van der Waals surface area contributed by atoms with E-state index in [9.17, 15) is 0 Å². The van der Waals surface area contributed by atoms with Gasteiger partial charge in [0.1, 0.15) is 17.2 Å². The molecule has 0 radical (unpaired) electrons. The van der Waals surface area contributed by atoms with Gasteiger partial charge in [0.05, 0.1) is 66.1 Å². The van der Waals surface area contributed by atoms with Gasteiger partial charge in [-0.15, -0.1) is 0 Å². The summed E-state index contributed by atoms with van der Waals surface area (Å²) in [7, 11) is 0. The van der Waals surface area contributed by atoms with E-state index < -0.39 is 0 Å². The molecule has 0 rings (SSSR count). The molecule has 3 N–H and O–H groups in total. The maximum absolute atomic E-state index is 6.44. The van der Waals surface area contributed by atoms with Gasteiger partial charge in [-0.05, 0) is 0 Å². The molecule has 0 aromatic carbocycles. The van der Waals surface area contributed by atoms with Crippen LogP contribution in [0.25, 0.3) is 0 Å². The minimum Gasteiger partial charge on any atom is -0.378 e. The second-order valence-electron chi connectivity index (χ2n) is 3.82. The fraction of sp³-hybridized carbons (Fsp3) is 1.00. The minimum atomic E-state index is 0.407. The SMILES string of the molecule is N=[N+]=NCCOCCOCCOCCOCCOCCN. The Kier molecular flexibility index (Phi) is 18.2. The second kappa shape index (κ2) is 19.1. The Hall–Kier alpha value is -0.930. The molecule has 21 heavy (non-hydrogen) atoms. The summed E-state index contributed by atoms with van der Waals surface area (Å²) >= 11 is 0. The van der Waals surface area contributed by atoms with Crippen molar-refractivity contribution in [3.63, 3.8) is 0 Å². The molecule has 0 aliphatic heterocycles. The average Bonchev–Trinajstić information content (AvgIpc) is 2.50. The van der Waals surface area contributed by atoms with Crippen molar-refractivity contribution in [2.75, 3.05) is 79.2 Å². The number of nitrogens with two attached hydrogens (primary N) is 1. The molecule has 0 amide bonds. The van der Waals surface area contributed by atoms with Crippen LogP contribution in [-0.2, 0) is 23.7 Å². The lowest BCUT2D eigenvalue weighted by atomic mass is 10.6. The molecule has 0 spiro atoms. The van der Waals surface area contributed by atoms with Crippen LogP contribution in [-0.4, -0.2) is 79.2 Å². The van der Waals surface area contributed by atoms with Crippen LogP contribution in [0, 0.1) is 5.53 Å². The first-order chi connectivity index (χ1) is 10.4. The maximum atomic E-state index is 6.44. The normalized spacial score (nSPS) is 10.5. The highest BCUT2D eigenvalue weighted by atomic mass is 16.6. The van der Waals surface area contributed by atoms with Crippen LogP contribution in [0.4, 0.5) is 0 Å². The van der Waals surface area contributed by atoms with Crippen molar-refractivity contribution in [1.82, 2.24) is 4.91 Å². The lowest BCUT2D eigenvalue weighted by Crippen LogP contribution is -2.15. The highest BCUT2D eigenvalue weighted by molar-refractivity contribution is 4.37. The number of rotatable bonds is 17. The number of nitrogens with zero attached hydrogens (tertiary/aromatic N) is 2. The Morgan fingerprint density at radius 2 is 1.05 bits per heavy atom. The number of hydrogen-bond acceptors (Lipinski definition) is 8. The zero-order chi connectivity index (χ0) is 15.4. The summed E-state index contributed by atoms with van der Waals surface area (Å²) in [5.41, 5.74) is 11.7. The maximum Gasteiger partial charge on any atom is 0.214 e. The monoisotopic (exact) mass is 307 g/mol. The fourth-order valence-corrected chi connectivity index (χ4v) is 1.22. The van der Waals surface area contributed by atoms with E-state index in [1.807, 2.05) is 0 Å². The van der Waals surface area contributed by atoms with Crippen LogP contribution in [0.1, 0.15) is 0 Å². The number of ether oxygens (including phenoxy) is 5. The first-order valence-electron chi connectivity index (χ1n) is 7.03. The summed E-state index contributed by atoms with van der Waals surface area (Å²) in [4.78, 5) is 2.87. The quantitative estimate of drug-likeness (QED) is 0.214. The molecule has 124 valence electrons. The third-order valence-corrected chi connectivity index (χ3v) is 2.16. The van der Waals surface area contributed by atoms with Gasteiger partial charge in [0.15, 0.2) is 0 Å². The van der Waals surface area contributed by atoms with E-state index in [1.54, 1.807) is 0 Å². The summed E-state index contributed by atoms with van der Waals surface area (Å²) in [6.07, 6.45) is 0. The molecule has 0 saturated carbocycles. The third-order valence-electron chi connectivity index (χ3n) is 2.16. The molecule has 9 heteroatoms. The Bertz CT molecular complexity index is 252. The van der Waals surface area contributed by atoms with Crippen molar-refractivity contribution in [2.24, 2.45) is 10.8 Å². The van der Waals surface area contributed by atoms with Crippen LogP contribution < -0.4 is 10.6 Å². The molecule has 9 nitrogen and oxygen atoms in total. The van der Waals surface area contributed by atoms with Gasteiger partial charge in [-0.1, -0.05) is 0 Å². The molecule has 0 fully saturated rings. The lowest BCUT2D eigenvalue weighted by molar-refractivity contribution is -0.0100. The van der Waals surface area contributed by atoms with Crippen molar-refractivity contribution >= 4 is 0 Å². The van der Waals surface area contributed by atoms with Crippen molar-refractivity contribution in [1.29, 1.82) is 5.53 Å². The zero-order valence-corrected chi connectivity index (χ0v) is 12.5. The van der Waals surface area contributed by atoms with E-state index in [2.05, 4.69) is 10.0 Å². The average molecular weight is 307 g/mol. The third kappa shape index (κ3) is 19.1. The van der Waals surface area contributed by atoms with E-state index in [1.165, 1.54) is 0 Å². The van der Waals surface area contributed by atoms with Gasteiger partial charge in [0, 0.05) is 6.54 Å². The summed E-state index contributed by atoms with van der Waals surface area (Å²) in [5, 5.41) is 3.46. The van der Waals surface area contributed by atoms with E-state index >= 15 is 0 Å². The van der Waals surface area contributed by atoms with Crippen LogP contribution in [0.3, 0.4) is 0 Å². The van der Waals surface area contributed by atoms with Gasteiger partial charge in [0.25, 0.3) is 0 Å². The van der Waals surface area contributed by atoms with E-state index in [0.29, 0.717) is 79.2 Å². The molecule has 0 saturated heterocycles. The van der Waals surface area contributed by atoms with Gasteiger partial charge < -0.3 is 29.4 Å². The highest BCUT2D eigenvalue weighted by Crippen LogP contribution is 1.83. The summed E-state index contributed by atoms with van der Waals surface area (Å²) < 4.78 is 26.3. The van der Waals surface area contributed by atoms with Crippen molar-refractivity contribution in [2.45, 2.75) is 0 Å². The van der Waals surface area contributed by atoms with Crippen LogP contribution in [0.15, 0.2) is 5.11 Å². The van der Waals surface area contributed by atoms with Crippen LogP contribution >= 0.6 is 0 Å². The largest absolute Gasteiger partial charge is 0.378 e. The minimum absolute atomic E-state index is 0.407. The molecule has 0 bridgehead atoms. The molecular formula is C12H27N4O5+.